The number of benzene rings is 3. The van der Waals surface area contributed by atoms with Gasteiger partial charge in [-0.25, -0.2) is 30.6 Å². The van der Waals surface area contributed by atoms with E-state index in [0.717, 1.165) is 35.2 Å². The van der Waals surface area contributed by atoms with Gasteiger partial charge in [-0.05, 0) is 118 Å². The second-order valence-corrected chi connectivity index (χ2v) is 20.0. The van der Waals surface area contributed by atoms with Gasteiger partial charge in [0.05, 0.1) is 57.5 Å². The second-order valence-electron chi connectivity index (χ2n) is 18.2. The number of carbonyl (C=O) groups is 1. The molecule has 1 amide bonds. The monoisotopic (exact) mass is 900 g/mol. The average Bonchev–Trinajstić information content (AvgIpc) is 3.61. The summed E-state index contributed by atoms with van der Waals surface area (Å²) in [5.74, 6) is -0.968. The number of hydrogen-bond donors (Lipinski definition) is 0. The van der Waals surface area contributed by atoms with Gasteiger partial charge in [-0.15, -0.1) is 0 Å². The molecule has 5 aromatic heterocycles. The molecule has 7 heterocycles. The average molecular weight is 901 g/mol. The summed E-state index contributed by atoms with van der Waals surface area (Å²) >= 11 is 0. The molecule has 1 unspecified atom stereocenters. The highest BCUT2D eigenvalue weighted by Gasteiger charge is 2.39. The molecule has 1 saturated heterocycles. The van der Waals surface area contributed by atoms with Crippen molar-refractivity contribution in [1.82, 2.24) is 47.3 Å². The molecular weight excluding hydrogens is 855 g/mol. The first-order chi connectivity index (χ1) is 31.1. The van der Waals surface area contributed by atoms with Crippen LogP contribution in [0.3, 0.4) is 0 Å². The van der Waals surface area contributed by atoms with E-state index in [2.05, 4.69) is 24.0 Å². The Kier molecular flexibility index (Phi) is 9.28. The van der Waals surface area contributed by atoms with Gasteiger partial charge in [0.2, 0.25) is 0 Å². The van der Waals surface area contributed by atoms with Crippen LogP contribution in [0.5, 0.6) is 0 Å². The molecule has 334 valence electrons. The minimum Gasteiger partial charge on any atom is -0.376 e. The molecule has 8 aromatic rings. The van der Waals surface area contributed by atoms with Crippen LogP contribution in [0.2, 0.25) is 0 Å². The molecule has 1 saturated carbocycles. The number of hydrogen-bond acceptors (Lipinski definition) is 8. The Labute approximate surface area is 372 Å². The molecule has 3 aromatic carbocycles. The normalized spacial score (nSPS) is 18.8. The highest BCUT2D eigenvalue weighted by Crippen LogP contribution is 2.43. The molecule has 65 heavy (non-hydrogen) atoms. The summed E-state index contributed by atoms with van der Waals surface area (Å²) < 4.78 is 74.9. The van der Waals surface area contributed by atoms with Gasteiger partial charge in [0.1, 0.15) is 22.2 Å². The fraction of sp³-hybridized carbons (Fsp3) is 0.340. The quantitative estimate of drug-likeness (QED) is 0.155. The number of carbonyl (C=O) groups excluding carboxylic acids is 1. The third-order valence-corrected chi connectivity index (χ3v) is 15.1. The summed E-state index contributed by atoms with van der Waals surface area (Å²) in [6, 6.07) is 14.5. The molecule has 15 nitrogen and oxygen atoms in total. The van der Waals surface area contributed by atoms with Crippen molar-refractivity contribution in [3.8, 4) is 17.2 Å². The third-order valence-electron chi connectivity index (χ3n) is 13.4. The topological polar surface area (TPSA) is 149 Å². The summed E-state index contributed by atoms with van der Waals surface area (Å²) in [6.07, 6.45) is 10.6. The van der Waals surface area contributed by atoms with Crippen molar-refractivity contribution in [3.05, 3.63) is 136 Å². The fourth-order valence-corrected chi connectivity index (χ4v) is 11.5. The van der Waals surface area contributed by atoms with E-state index in [9.17, 15) is 13.2 Å². The van der Waals surface area contributed by atoms with E-state index in [1.807, 2.05) is 19.1 Å². The van der Waals surface area contributed by atoms with E-state index in [1.165, 1.54) is 56.9 Å². The number of rotatable bonds is 8. The lowest BCUT2D eigenvalue weighted by Gasteiger charge is -2.35. The Morgan fingerprint density at radius 1 is 0.908 bits per heavy atom. The highest BCUT2D eigenvalue weighted by molar-refractivity contribution is 7.90. The largest absolute Gasteiger partial charge is 0.376 e. The first-order valence-electron chi connectivity index (χ1n) is 21.8. The zero-order valence-corrected chi connectivity index (χ0v) is 37.3. The van der Waals surface area contributed by atoms with Crippen molar-refractivity contribution in [2.45, 2.75) is 81.2 Å². The van der Waals surface area contributed by atoms with E-state index in [-0.39, 0.29) is 63.7 Å². The van der Waals surface area contributed by atoms with Crippen molar-refractivity contribution in [1.29, 1.82) is 0 Å². The standard InChI is InChI=1S/C47H46F2N10O5S/c1-27-42-37(14-16-55(27)45(60)41-21-31-20-29(30-15-19-64-47(2,3)23-30)8-11-38(31)59(41)65(62,63)33-24-50-53(4)26-33)52-58(32-9-10-36(48)34(22-32)28-6-7-28)44(42)57-18-17-56(46(57)61)40-13-12-39-35(43(40)49)25-51-54(39)5/h8-13,17-18,20-22,24-28,30H,6-7,14-16,19,23H2,1-5H3/t27-,30?/m0/s1. The van der Waals surface area contributed by atoms with Crippen LogP contribution in [0.25, 0.3) is 39.0 Å². The van der Waals surface area contributed by atoms with Crippen molar-refractivity contribution >= 4 is 37.7 Å². The van der Waals surface area contributed by atoms with Crippen LogP contribution in [0.15, 0.2) is 95.3 Å². The summed E-state index contributed by atoms with van der Waals surface area (Å²) in [6.45, 7) is 6.71. The smallest absolute Gasteiger partial charge is 0.338 e. The molecule has 2 atom stereocenters. The number of imidazole rings is 1. The van der Waals surface area contributed by atoms with E-state index >= 15 is 13.6 Å². The highest BCUT2D eigenvalue weighted by atomic mass is 32.2. The van der Waals surface area contributed by atoms with Gasteiger partial charge >= 0.3 is 5.69 Å². The maximum absolute atomic E-state index is 16.1. The maximum atomic E-state index is 16.1. The Morgan fingerprint density at radius 2 is 1.69 bits per heavy atom. The van der Waals surface area contributed by atoms with Gasteiger partial charge in [0.15, 0.2) is 5.82 Å². The van der Waals surface area contributed by atoms with E-state index in [0.29, 0.717) is 45.5 Å². The number of halogens is 2. The van der Waals surface area contributed by atoms with Gasteiger partial charge in [0.25, 0.3) is 15.9 Å². The second kappa shape index (κ2) is 14.7. The first kappa shape index (κ1) is 41.1. The number of aromatic nitrogens is 9. The molecule has 1 aliphatic carbocycles. The van der Waals surface area contributed by atoms with E-state index in [4.69, 9.17) is 9.84 Å². The van der Waals surface area contributed by atoms with Crippen LogP contribution in [-0.2, 0) is 35.3 Å². The van der Waals surface area contributed by atoms with Crippen LogP contribution < -0.4 is 5.69 Å². The van der Waals surface area contributed by atoms with Crippen LogP contribution >= 0.6 is 0 Å². The van der Waals surface area contributed by atoms with Crippen LogP contribution in [0, 0.1) is 11.6 Å². The SMILES string of the molecule is C[C@H]1c2c(nn(-c3ccc(F)c(C4CC4)c3)c2-n2ccn(-c3ccc4c(cnn4C)c3F)c2=O)CCN1C(=O)c1cc2cc(C3CCOC(C)(C)C3)ccc2n1S(=O)(=O)c1cnn(C)c1. The zero-order chi connectivity index (χ0) is 45.3. The third kappa shape index (κ3) is 6.58. The number of aryl methyl sites for hydroxylation is 2. The van der Waals surface area contributed by atoms with Gasteiger partial charge < -0.3 is 9.64 Å². The molecule has 0 bridgehead atoms. The van der Waals surface area contributed by atoms with Crippen LogP contribution in [0.1, 0.15) is 97.2 Å². The molecule has 0 N–H and O–H groups in total. The summed E-state index contributed by atoms with van der Waals surface area (Å²) in [5, 5.41) is 14.2. The number of fused-ring (bicyclic) bond motifs is 3. The summed E-state index contributed by atoms with van der Waals surface area (Å²) in [7, 11) is -1.02. The van der Waals surface area contributed by atoms with Crippen molar-refractivity contribution < 1.29 is 26.7 Å². The molecule has 0 spiro atoms. The van der Waals surface area contributed by atoms with Gasteiger partial charge in [-0.2, -0.15) is 15.3 Å². The number of nitrogens with zero attached hydrogens (tertiary/aromatic N) is 10. The lowest BCUT2D eigenvalue weighted by atomic mass is 9.83. The Bertz CT molecular complexity index is 3440. The summed E-state index contributed by atoms with van der Waals surface area (Å²) in [4.78, 5) is 31.4. The van der Waals surface area contributed by atoms with Crippen molar-refractivity contribution in [2.75, 3.05) is 13.2 Å². The molecule has 0 radical (unpaired) electrons. The van der Waals surface area contributed by atoms with E-state index in [1.54, 1.807) is 58.7 Å². The Hall–Kier alpha value is -6.66. The molecule has 2 aliphatic heterocycles. The number of ether oxygens (including phenoxy) is 1. The Balaban J connectivity index is 1.05. The minimum absolute atomic E-state index is 0.0168. The predicted molar refractivity (Wildman–Crippen MR) is 238 cm³/mol. The van der Waals surface area contributed by atoms with Crippen LogP contribution in [0.4, 0.5) is 8.78 Å². The van der Waals surface area contributed by atoms with Gasteiger partial charge in [-0.1, -0.05) is 6.07 Å². The first-order valence-corrected chi connectivity index (χ1v) is 23.2. The molecule has 18 heteroatoms. The Morgan fingerprint density at radius 3 is 2.45 bits per heavy atom. The van der Waals surface area contributed by atoms with E-state index < -0.39 is 33.5 Å². The van der Waals surface area contributed by atoms with Crippen molar-refractivity contribution in [3.63, 3.8) is 0 Å². The molecule has 3 aliphatic rings. The summed E-state index contributed by atoms with van der Waals surface area (Å²) in [5.41, 5.74) is 3.16. The molecule has 11 rings (SSSR count). The lowest BCUT2D eigenvalue weighted by molar-refractivity contribution is -0.0592. The minimum atomic E-state index is -4.35. The van der Waals surface area contributed by atoms with Crippen LogP contribution in [-0.4, -0.2) is 80.4 Å². The van der Waals surface area contributed by atoms with Crippen molar-refractivity contribution in [2.24, 2.45) is 14.1 Å². The van der Waals surface area contributed by atoms with Gasteiger partial charge in [0, 0.05) is 63.2 Å². The maximum Gasteiger partial charge on any atom is 0.338 e. The molecular formula is C47H46F2N10O5S. The molecule has 2 fully saturated rings. The lowest BCUT2D eigenvalue weighted by Crippen LogP contribution is -2.40. The predicted octanol–water partition coefficient (Wildman–Crippen LogP) is 7.21. The fourth-order valence-electron chi connectivity index (χ4n) is 9.97. The number of amides is 1. The zero-order valence-electron chi connectivity index (χ0n) is 36.4. The van der Waals surface area contributed by atoms with Gasteiger partial charge in [-0.3, -0.25) is 23.3 Å².